The molecule has 0 aromatic heterocycles. The van der Waals surface area contributed by atoms with Crippen molar-refractivity contribution in [2.24, 2.45) is 0 Å². The van der Waals surface area contributed by atoms with Gasteiger partial charge in [0.15, 0.2) is 0 Å². The molecule has 0 atom stereocenters. The number of carbonyl (C=O) groups excluding carboxylic acids is 1. The highest BCUT2D eigenvalue weighted by Crippen LogP contribution is 2.25. The van der Waals surface area contributed by atoms with Crippen molar-refractivity contribution >= 4 is 21.8 Å². The van der Waals surface area contributed by atoms with E-state index in [1.165, 1.54) is 44.1 Å². The van der Waals surface area contributed by atoms with Gasteiger partial charge < -0.3 is 10.2 Å². The first-order chi connectivity index (χ1) is 13.7. The number of hydrogen-bond acceptors (Lipinski definition) is 4. The van der Waals surface area contributed by atoms with Crippen molar-refractivity contribution in [3.05, 3.63) is 29.3 Å². The van der Waals surface area contributed by atoms with Crippen LogP contribution in [0.2, 0.25) is 0 Å². The van der Waals surface area contributed by atoms with Crippen molar-refractivity contribution in [1.29, 1.82) is 0 Å². The van der Waals surface area contributed by atoms with Crippen LogP contribution in [0.25, 0.3) is 0 Å². The summed E-state index contributed by atoms with van der Waals surface area (Å²) < 4.78 is 28.1. The molecule has 1 N–H and O–H groups in total. The smallest absolute Gasteiger partial charge is 0.304 e. The van der Waals surface area contributed by atoms with Crippen LogP contribution in [0.15, 0.2) is 18.2 Å². The third kappa shape index (κ3) is 6.97. The molecular formula is C21H36N4O3S. The maximum atomic E-state index is 12.9. The number of nitrogens with zero attached hydrogens (tertiary/aromatic N) is 3. The third-order valence-corrected chi connectivity index (χ3v) is 7.14. The summed E-state index contributed by atoms with van der Waals surface area (Å²) in [5.74, 6) is -0.285. The van der Waals surface area contributed by atoms with Crippen molar-refractivity contribution < 1.29 is 13.2 Å². The second kappa shape index (κ2) is 10.9. The minimum absolute atomic E-state index is 0.228. The molecule has 2 rings (SSSR count). The molecule has 1 amide bonds. The monoisotopic (exact) mass is 424 g/mol. The predicted molar refractivity (Wildman–Crippen MR) is 118 cm³/mol. The lowest BCUT2D eigenvalue weighted by Gasteiger charge is -2.28. The molecule has 1 aliphatic heterocycles. The van der Waals surface area contributed by atoms with Crippen molar-refractivity contribution in [2.75, 3.05) is 51.1 Å². The van der Waals surface area contributed by atoms with Crippen molar-refractivity contribution in [3.63, 3.8) is 0 Å². The number of anilines is 1. The lowest BCUT2D eigenvalue weighted by molar-refractivity contribution is -0.119. The van der Waals surface area contributed by atoms with Gasteiger partial charge in [-0.1, -0.05) is 25.0 Å². The molecule has 1 aromatic carbocycles. The van der Waals surface area contributed by atoms with Crippen molar-refractivity contribution in [1.82, 2.24) is 14.5 Å². The van der Waals surface area contributed by atoms with Gasteiger partial charge in [0.05, 0.1) is 5.69 Å². The zero-order chi connectivity index (χ0) is 21.4. The molecule has 8 heteroatoms. The van der Waals surface area contributed by atoms with Gasteiger partial charge in [-0.25, -0.2) is 4.31 Å². The van der Waals surface area contributed by atoms with E-state index in [0.29, 0.717) is 12.2 Å². The number of likely N-dealkylation sites (tertiary alicyclic amines) is 1. The van der Waals surface area contributed by atoms with Gasteiger partial charge in [0.2, 0.25) is 5.91 Å². The number of hydrogen-bond donors (Lipinski definition) is 1. The van der Waals surface area contributed by atoms with E-state index in [1.807, 2.05) is 32.0 Å². The Balaban J connectivity index is 1.97. The lowest BCUT2D eigenvalue weighted by Crippen LogP contribution is -2.46. The van der Waals surface area contributed by atoms with Gasteiger partial charge in [-0.3, -0.25) is 4.79 Å². The van der Waals surface area contributed by atoms with Gasteiger partial charge in [-0.2, -0.15) is 12.7 Å². The number of rotatable bonds is 9. The van der Waals surface area contributed by atoms with Crippen LogP contribution in [-0.2, 0) is 15.0 Å². The average molecular weight is 425 g/mol. The van der Waals surface area contributed by atoms with Crippen LogP contribution in [0.1, 0.15) is 43.2 Å². The second-order valence-corrected chi connectivity index (χ2v) is 10.1. The number of nitrogens with one attached hydrogen (secondary N) is 1. The first-order valence-electron chi connectivity index (χ1n) is 10.5. The summed E-state index contributed by atoms with van der Waals surface area (Å²) in [4.78, 5) is 15.0. The first kappa shape index (κ1) is 23.6. The molecule has 1 saturated heterocycles. The molecule has 164 valence electrons. The topological polar surface area (TPSA) is 73.0 Å². The van der Waals surface area contributed by atoms with Crippen LogP contribution in [-0.4, -0.2) is 70.3 Å². The standard InChI is InChI=1S/C21H36N4O3S/c1-18-10-11-19(2)20(16-18)25(29(27,28)23(3)4)17-21(26)22-12-9-15-24-13-7-5-6-8-14-24/h10-11,16H,5-9,12-15,17H2,1-4H3,(H,22,26). The fourth-order valence-electron chi connectivity index (χ4n) is 3.55. The summed E-state index contributed by atoms with van der Waals surface area (Å²) in [6.07, 6.45) is 5.98. The molecule has 0 unspecified atom stereocenters. The molecule has 1 aliphatic rings. The Kier molecular flexibility index (Phi) is 8.92. The van der Waals surface area contributed by atoms with Crippen LogP contribution < -0.4 is 9.62 Å². The maximum absolute atomic E-state index is 12.9. The molecule has 7 nitrogen and oxygen atoms in total. The summed E-state index contributed by atoms with van der Waals surface area (Å²) >= 11 is 0. The summed E-state index contributed by atoms with van der Waals surface area (Å²) in [6.45, 7) is 7.33. The van der Waals surface area contributed by atoms with E-state index in [2.05, 4.69) is 10.2 Å². The Hall–Kier alpha value is -1.64. The summed E-state index contributed by atoms with van der Waals surface area (Å²) in [5, 5.41) is 2.89. The molecule has 1 heterocycles. The van der Waals surface area contributed by atoms with Gasteiger partial charge >= 0.3 is 10.2 Å². The number of carbonyl (C=O) groups is 1. The first-order valence-corrected chi connectivity index (χ1v) is 11.9. The highest BCUT2D eigenvalue weighted by Gasteiger charge is 2.28. The van der Waals surface area contributed by atoms with E-state index in [0.717, 1.165) is 41.5 Å². The fraction of sp³-hybridized carbons (Fsp3) is 0.667. The number of benzene rings is 1. The van der Waals surface area contributed by atoms with E-state index in [4.69, 9.17) is 0 Å². The zero-order valence-electron chi connectivity index (χ0n) is 18.3. The Morgan fingerprint density at radius 2 is 1.76 bits per heavy atom. The van der Waals surface area contributed by atoms with Crippen LogP contribution in [0.4, 0.5) is 5.69 Å². The van der Waals surface area contributed by atoms with E-state index < -0.39 is 10.2 Å². The second-order valence-electron chi connectivity index (χ2n) is 8.05. The van der Waals surface area contributed by atoms with Crippen LogP contribution in [0.5, 0.6) is 0 Å². The van der Waals surface area contributed by atoms with Gasteiger partial charge in [-0.15, -0.1) is 0 Å². The highest BCUT2D eigenvalue weighted by atomic mass is 32.2. The Bertz CT molecular complexity index is 772. The Labute approximate surface area is 176 Å². The molecule has 0 radical (unpaired) electrons. The zero-order valence-corrected chi connectivity index (χ0v) is 19.1. The largest absolute Gasteiger partial charge is 0.354 e. The van der Waals surface area contributed by atoms with E-state index in [9.17, 15) is 13.2 Å². The average Bonchev–Trinajstić information content (AvgIpc) is 2.94. The SMILES string of the molecule is Cc1ccc(C)c(N(CC(=O)NCCCN2CCCCCC2)S(=O)(=O)N(C)C)c1. The van der Waals surface area contributed by atoms with Crippen molar-refractivity contribution in [2.45, 2.75) is 46.0 Å². The number of aryl methyl sites for hydroxylation is 2. The van der Waals surface area contributed by atoms with E-state index in [1.54, 1.807) is 0 Å². The molecule has 0 spiro atoms. The molecule has 1 fully saturated rings. The van der Waals surface area contributed by atoms with Gasteiger partial charge in [0.1, 0.15) is 6.54 Å². The molecular weight excluding hydrogens is 388 g/mol. The lowest BCUT2D eigenvalue weighted by atomic mass is 10.1. The van der Waals surface area contributed by atoms with Gasteiger partial charge in [0, 0.05) is 20.6 Å². The third-order valence-electron chi connectivity index (χ3n) is 5.33. The van der Waals surface area contributed by atoms with Crippen molar-refractivity contribution in [3.8, 4) is 0 Å². The minimum Gasteiger partial charge on any atom is -0.354 e. The molecule has 1 aromatic rings. The molecule has 0 bridgehead atoms. The summed E-state index contributed by atoms with van der Waals surface area (Å²) in [6, 6.07) is 5.62. The van der Waals surface area contributed by atoms with E-state index in [-0.39, 0.29) is 12.5 Å². The molecule has 0 saturated carbocycles. The summed E-state index contributed by atoms with van der Waals surface area (Å²) in [5.41, 5.74) is 2.30. The minimum atomic E-state index is -3.78. The van der Waals surface area contributed by atoms with Gasteiger partial charge in [0.25, 0.3) is 0 Å². The molecule has 0 aliphatic carbocycles. The Morgan fingerprint density at radius 3 is 2.38 bits per heavy atom. The maximum Gasteiger partial charge on any atom is 0.304 e. The van der Waals surface area contributed by atoms with Crippen LogP contribution in [0, 0.1) is 13.8 Å². The normalized spacial score (nSPS) is 15.9. The molecule has 29 heavy (non-hydrogen) atoms. The summed E-state index contributed by atoms with van der Waals surface area (Å²) in [7, 11) is -0.823. The highest BCUT2D eigenvalue weighted by molar-refractivity contribution is 7.90. The van der Waals surface area contributed by atoms with Crippen LogP contribution >= 0.6 is 0 Å². The number of amides is 1. The fourth-order valence-corrected chi connectivity index (χ4v) is 4.67. The quantitative estimate of drug-likeness (QED) is 0.618. The van der Waals surface area contributed by atoms with E-state index >= 15 is 0 Å². The Morgan fingerprint density at radius 1 is 1.10 bits per heavy atom. The van der Waals surface area contributed by atoms with Crippen LogP contribution in [0.3, 0.4) is 0 Å². The van der Waals surface area contributed by atoms with Gasteiger partial charge in [-0.05, 0) is 69.9 Å². The predicted octanol–water partition coefficient (Wildman–Crippen LogP) is 2.30.